The number of hydrogen-bond acceptors (Lipinski definition) is 3. The maximum atomic E-state index is 12.2. The summed E-state index contributed by atoms with van der Waals surface area (Å²) in [5.74, 6) is -0.0569. The molecule has 2 N–H and O–H groups in total. The number of fused-ring (bicyclic) bond motifs is 1. The number of aryl methyl sites for hydroxylation is 1. The van der Waals surface area contributed by atoms with Crippen LogP contribution in [-0.2, 0) is 16.0 Å². The van der Waals surface area contributed by atoms with Gasteiger partial charge in [0.1, 0.15) is 6.04 Å². The summed E-state index contributed by atoms with van der Waals surface area (Å²) in [6, 6.07) is 7.86. The van der Waals surface area contributed by atoms with Crippen molar-refractivity contribution in [1.29, 1.82) is 0 Å². The molecule has 1 aliphatic carbocycles. The normalized spacial score (nSPS) is 18.4. The van der Waals surface area contributed by atoms with Crippen molar-refractivity contribution >= 4 is 18.3 Å². The fraction of sp³-hybridized carbons (Fsp3) is 0.500. The molecule has 0 aliphatic heterocycles. The molecule has 0 saturated carbocycles. The number of methoxy groups -OCH3 is 1. The van der Waals surface area contributed by atoms with Gasteiger partial charge in [-0.3, -0.25) is 4.79 Å². The second kappa shape index (κ2) is 6.89. The van der Waals surface area contributed by atoms with Gasteiger partial charge in [0.2, 0.25) is 5.91 Å². The Kier molecular flexibility index (Phi) is 5.79. The summed E-state index contributed by atoms with van der Waals surface area (Å²) in [6.45, 7) is 0.261. The molecule has 1 aromatic rings. The first kappa shape index (κ1) is 16.0. The van der Waals surface area contributed by atoms with Crippen LogP contribution in [0.15, 0.2) is 24.3 Å². The van der Waals surface area contributed by atoms with Crippen molar-refractivity contribution in [3.05, 3.63) is 35.4 Å². The third kappa shape index (κ3) is 3.26. The Morgan fingerprint density at radius 3 is 2.89 bits per heavy atom. The second-order valence-electron chi connectivity index (χ2n) is 4.76. The third-order valence-electron chi connectivity index (χ3n) is 3.58. The van der Waals surface area contributed by atoms with Gasteiger partial charge in [-0.05, 0) is 24.0 Å². The Hall–Kier alpha value is -1.10. The topological polar surface area (TPSA) is 55.6 Å². The highest BCUT2D eigenvalue weighted by atomic mass is 35.5. The van der Waals surface area contributed by atoms with E-state index >= 15 is 0 Å². The Morgan fingerprint density at radius 1 is 1.53 bits per heavy atom. The van der Waals surface area contributed by atoms with E-state index in [1.807, 2.05) is 19.2 Å². The fourth-order valence-corrected chi connectivity index (χ4v) is 2.60. The predicted molar refractivity (Wildman–Crippen MR) is 77.4 cm³/mol. The molecule has 2 atom stereocenters. The van der Waals surface area contributed by atoms with Gasteiger partial charge in [0.15, 0.2) is 0 Å². The number of ether oxygens (including phenoxy) is 1. The molecule has 4 nitrogen and oxygen atoms in total. The van der Waals surface area contributed by atoms with Crippen LogP contribution in [0.25, 0.3) is 0 Å². The minimum atomic E-state index is -0.576. The van der Waals surface area contributed by atoms with Gasteiger partial charge in [-0.25, -0.2) is 0 Å². The Morgan fingerprint density at radius 2 is 2.21 bits per heavy atom. The lowest BCUT2D eigenvalue weighted by Crippen LogP contribution is -2.45. The average molecular weight is 285 g/mol. The standard InChI is InChI=1S/C14H20N2O2.ClH/c1-16(14(17)12(15)9-18-2)13-8-7-10-5-3-4-6-11(10)13;/h3-6,12-13H,7-9,15H2,1-2H3;1H. The smallest absolute Gasteiger partial charge is 0.242 e. The van der Waals surface area contributed by atoms with E-state index in [0.29, 0.717) is 0 Å². The van der Waals surface area contributed by atoms with Crippen LogP contribution in [0.5, 0.6) is 0 Å². The molecule has 5 heteroatoms. The van der Waals surface area contributed by atoms with E-state index in [1.165, 1.54) is 11.1 Å². The molecule has 1 aliphatic rings. The molecule has 19 heavy (non-hydrogen) atoms. The van der Waals surface area contributed by atoms with Gasteiger partial charge in [0.25, 0.3) is 0 Å². The van der Waals surface area contributed by atoms with Gasteiger partial charge in [-0.1, -0.05) is 24.3 Å². The Bertz CT molecular complexity index is 439. The number of carbonyl (C=O) groups excluding carboxylic acids is 1. The first-order valence-corrected chi connectivity index (χ1v) is 6.24. The summed E-state index contributed by atoms with van der Waals surface area (Å²) in [5, 5.41) is 0. The maximum absolute atomic E-state index is 12.2. The van der Waals surface area contributed by atoms with Crippen molar-refractivity contribution in [2.24, 2.45) is 5.73 Å². The number of nitrogens with zero attached hydrogens (tertiary/aromatic N) is 1. The Balaban J connectivity index is 0.00000180. The van der Waals surface area contributed by atoms with E-state index < -0.39 is 6.04 Å². The molecule has 0 saturated heterocycles. The lowest BCUT2D eigenvalue weighted by Gasteiger charge is -2.27. The molecule has 106 valence electrons. The van der Waals surface area contributed by atoms with Crippen LogP contribution in [0.3, 0.4) is 0 Å². The molecule has 1 aromatic carbocycles. The number of halogens is 1. The summed E-state index contributed by atoms with van der Waals surface area (Å²) in [6.07, 6.45) is 2.00. The van der Waals surface area contributed by atoms with E-state index in [-0.39, 0.29) is 31.0 Å². The van der Waals surface area contributed by atoms with Crippen LogP contribution < -0.4 is 5.73 Å². The largest absolute Gasteiger partial charge is 0.383 e. The number of likely N-dealkylation sites (N-methyl/N-ethyl adjacent to an activating group) is 1. The van der Waals surface area contributed by atoms with Crippen molar-refractivity contribution in [2.75, 3.05) is 20.8 Å². The van der Waals surface area contributed by atoms with Gasteiger partial charge < -0.3 is 15.4 Å². The van der Waals surface area contributed by atoms with E-state index in [2.05, 4.69) is 12.1 Å². The fourth-order valence-electron chi connectivity index (χ4n) is 2.60. The van der Waals surface area contributed by atoms with Gasteiger partial charge in [-0.15, -0.1) is 12.4 Å². The first-order valence-electron chi connectivity index (χ1n) is 6.24. The lowest BCUT2D eigenvalue weighted by atomic mass is 10.1. The molecule has 0 fully saturated rings. The molecule has 0 spiro atoms. The molecule has 2 rings (SSSR count). The number of benzene rings is 1. The van der Waals surface area contributed by atoms with Crippen molar-refractivity contribution < 1.29 is 9.53 Å². The number of carbonyl (C=O) groups is 1. The molecule has 0 aromatic heterocycles. The summed E-state index contributed by atoms with van der Waals surface area (Å²) in [4.78, 5) is 13.9. The van der Waals surface area contributed by atoms with Crippen LogP contribution in [0, 0.1) is 0 Å². The second-order valence-corrected chi connectivity index (χ2v) is 4.76. The van der Waals surface area contributed by atoms with Crippen LogP contribution in [-0.4, -0.2) is 37.6 Å². The zero-order valence-electron chi connectivity index (χ0n) is 11.3. The molecule has 1 amide bonds. The SMILES string of the molecule is COCC(N)C(=O)N(C)C1CCc2ccccc21.Cl. The van der Waals surface area contributed by atoms with Crippen LogP contribution >= 0.6 is 12.4 Å². The van der Waals surface area contributed by atoms with E-state index in [4.69, 9.17) is 10.5 Å². The third-order valence-corrected chi connectivity index (χ3v) is 3.58. The molecule has 0 bridgehead atoms. The highest BCUT2D eigenvalue weighted by Gasteiger charge is 2.30. The number of amides is 1. The van der Waals surface area contributed by atoms with E-state index in [0.717, 1.165) is 12.8 Å². The quantitative estimate of drug-likeness (QED) is 0.912. The van der Waals surface area contributed by atoms with Gasteiger partial charge >= 0.3 is 0 Å². The van der Waals surface area contributed by atoms with Crippen molar-refractivity contribution in [3.8, 4) is 0 Å². The minimum Gasteiger partial charge on any atom is -0.383 e. The van der Waals surface area contributed by atoms with Crippen molar-refractivity contribution in [2.45, 2.75) is 24.9 Å². The van der Waals surface area contributed by atoms with Gasteiger partial charge in [0, 0.05) is 14.2 Å². The monoisotopic (exact) mass is 284 g/mol. The summed E-state index contributed by atoms with van der Waals surface area (Å²) in [5.41, 5.74) is 8.38. The number of rotatable bonds is 4. The highest BCUT2D eigenvalue weighted by molar-refractivity contribution is 5.85. The van der Waals surface area contributed by atoms with Crippen molar-refractivity contribution in [1.82, 2.24) is 4.90 Å². The zero-order valence-corrected chi connectivity index (χ0v) is 12.2. The lowest BCUT2D eigenvalue weighted by molar-refractivity contribution is -0.134. The highest BCUT2D eigenvalue weighted by Crippen LogP contribution is 2.34. The Labute approximate surface area is 120 Å². The maximum Gasteiger partial charge on any atom is 0.242 e. The van der Waals surface area contributed by atoms with Crippen LogP contribution in [0.2, 0.25) is 0 Å². The molecular formula is C14H21ClN2O2. The van der Waals surface area contributed by atoms with Gasteiger partial charge in [0.05, 0.1) is 12.6 Å². The molecular weight excluding hydrogens is 264 g/mol. The van der Waals surface area contributed by atoms with Crippen LogP contribution in [0.4, 0.5) is 0 Å². The molecule has 0 heterocycles. The zero-order chi connectivity index (χ0) is 13.1. The molecule has 0 radical (unpaired) electrons. The number of nitrogens with two attached hydrogens (primary N) is 1. The average Bonchev–Trinajstić information content (AvgIpc) is 2.81. The molecule has 2 unspecified atom stereocenters. The van der Waals surface area contributed by atoms with Crippen LogP contribution in [0.1, 0.15) is 23.6 Å². The summed E-state index contributed by atoms with van der Waals surface area (Å²) < 4.78 is 4.93. The first-order chi connectivity index (χ1) is 8.65. The minimum absolute atomic E-state index is 0. The van der Waals surface area contributed by atoms with E-state index in [1.54, 1.807) is 12.0 Å². The van der Waals surface area contributed by atoms with E-state index in [9.17, 15) is 4.79 Å². The summed E-state index contributed by atoms with van der Waals surface area (Å²) in [7, 11) is 3.38. The predicted octanol–water partition coefficient (Wildman–Crippen LogP) is 1.53. The van der Waals surface area contributed by atoms with Crippen molar-refractivity contribution in [3.63, 3.8) is 0 Å². The number of hydrogen-bond donors (Lipinski definition) is 1. The summed E-state index contributed by atoms with van der Waals surface area (Å²) >= 11 is 0. The van der Waals surface area contributed by atoms with Gasteiger partial charge in [-0.2, -0.15) is 0 Å².